The van der Waals surface area contributed by atoms with Crippen molar-refractivity contribution in [2.45, 2.75) is 19.4 Å². The predicted octanol–water partition coefficient (Wildman–Crippen LogP) is 2.74. The van der Waals surface area contributed by atoms with E-state index in [1.165, 1.54) is 5.69 Å². The third-order valence-electron chi connectivity index (χ3n) is 6.03. The number of morpholine rings is 1. The summed E-state index contributed by atoms with van der Waals surface area (Å²) < 4.78 is 13.6. The van der Waals surface area contributed by atoms with Crippen molar-refractivity contribution in [2.75, 3.05) is 37.7 Å². The molecule has 156 valence electrons. The number of benzene rings is 1. The number of rotatable bonds is 5. The molecule has 1 amide bonds. The first kappa shape index (κ1) is 18.9. The van der Waals surface area contributed by atoms with Gasteiger partial charge in [0.25, 0.3) is 0 Å². The lowest BCUT2D eigenvalue weighted by molar-refractivity contribution is -0.119. The molecule has 3 aromatic rings. The monoisotopic (exact) mass is 406 g/mol. The molecule has 2 saturated heterocycles. The molecule has 5 rings (SSSR count). The zero-order valence-electron chi connectivity index (χ0n) is 17.1. The minimum Gasteiger partial charge on any atom is -0.488 e. The number of fused-ring (bicyclic) bond motifs is 1. The fourth-order valence-electron chi connectivity index (χ4n) is 4.19. The zero-order valence-corrected chi connectivity index (χ0v) is 17.1. The van der Waals surface area contributed by atoms with E-state index < -0.39 is 0 Å². The molecular formula is C23H26N4O3. The molecule has 2 aromatic heterocycles. The van der Waals surface area contributed by atoms with Crippen LogP contribution in [-0.4, -0.2) is 54.5 Å². The molecule has 4 heterocycles. The van der Waals surface area contributed by atoms with E-state index in [0.717, 1.165) is 48.7 Å². The highest BCUT2D eigenvalue weighted by molar-refractivity contribution is 5.78. The first-order chi connectivity index (χ1) is 14.7. The number of nitrogens with zero attached hydrogens (tertiary/aromatic N) is 3. The Morgan fingerprint density at radius 2 is 1.97 bits per heavy atom. The second kappa shape index (κ2) is 7.99. The van der Waals surface area contributed by atoms with Crippen molar-refractivity contribution in [1.29, 1.82) is 0 Å². The second-order valence-electron chi connectivity index (χ2n) is 7.99. The average molecular weight is 406 g/mol. The molecule has 2 atom stereocenters. The number of nitrogens with one attached hydrogen (secondary N) is 1. The summed E-state index contributed by atoms with van der Waals surface area (Å²) in [4.78, 5) is 13.9. The first-order valence-corrected chi connectivity index (χ1v) is 10.5. The molecule has 0 bridgehead atoms. The van der Waals surface area contributed by atoms with Crippen LogP contribution in [0.4, 0.5) is 5.69 Å². The molecule has 30 heavy (non-hydrogen) atoms. The van der Waals surface area contributed by atoms with Gasteiger partial charge in [-0.25, -0.2) is 4.52 Å². The predicted molar refractivity (Wildman–Crippen MR) is 115 cm³/mol. The van der Waals surface area contributed by atoms with Crippen LogP contribution < -0.4 is 15.0 Å². The number of ether oxygens (including phenoxy) is 2. The normalized spacial score (nSPS) is 20.4. The maximum absolute atomic E-state index is 11.6. The number of carbonyl (C=O) groups is 1. The standard InChI is InChI=1S/C23H26N4O3/c1-16(18-13-23(28)24-14-18)30-22-12-19(15-27-21(22)6-7-25-27)17-2-4-20(5-3-17)26-8-10-29-11-9-26/h2-7,12,15-16,18H,8-11,13-14H2,1H3,(H,24,28)/t16-,18-/m1/s1. The fraction of sp³-hybridized carbons (Fsp3) is 0.391. The van der Waals surface area contributed by atoms with Gasteiger partial charge in [-0.2, -0.15) is 5.10 Å². The van der Waals surface area contributed by atoms with Crippen LogP contribution in [0.3, 0.4) is 0 Å². The summed E-state index contributed by atoms with van der Waals surface area (Å²) in [5, 5.41) is 7.31. The Bertz CT molecular complexity index is 1040. The molecule has 0 aliphatic carbocycles. The van der Waals surface area contributed by atoms with Gasteiger partial charge in [-0.05, 0) is 36.8 Å². The summed E-state index contributed by atoms with van der Waals surface area (Å²) in [6.07, 6.45) is 4.25. The average Bonchev–Trinajstić information content (AvgIpc) is 3.43. The van der Waals surface area contributed by atoms with E-state index in [1.807, 2.05) is 23.7 Å². The van der Waals surface area contributed by atoms with E-state index in [9.17, 15) is 4.79 Å². The summed E-state index contributed by atoms with van der Waals surface area (Å²) in [5.74, 6) is 1.06. The third kappa shape index (κ3) is 3.73. The molecule has 7 nitrogen and oxygen atoms in total. The molecule has 0 spiro atoms. The lowest BCUT2D eigenvalue weighted by Gasteiger charge is -2.29. The van der Waals surface area contributed by atoms with Crippen LogP contribution in [0.5, 0.6) is 5.75 Å². The molecular weight excluding hydrogens is 380 g/mol. The number of anilines is 1. The van der Waals surface area contributed by atoms with Crippen molar-refractivity contribution in [3.05, 3.63) is 48.8 Å². The van der Waals surface area contributed by atoms with Gasteiger partial charge in [-0.3, -0.25) is 4.79 Å². The van der Waals surface area contributed by atoms with Gasteiger partial charge in [0.05, 0.1) is 19.4 Å². The smallest absolute Gasteiger partial charge is 0.220 e. The number of hydrogen-bond donors (Lipinski definition) is 1. The Morgan fingerprint density at radius 3 is 2.70 bits per heavy atom. The molecule has 2 fully saturated rings. The molecule has 0 radical (unpaired) electrons. The van der Waals surface area contributed by atoms with Gasteiger partial charge in [0, 0.05) is 49.4 Å². The third-order valence-corrected chi connectivity index (χ3v) is 6.03. The van der Waals surface area contributed by atoms with E-state index in [-0.39, 0.29) is 17.9 Å². The summed E-state index contributed by atoms with van der Waals surface area (Å²) in [6.45, 7) is 6.09. The summed E-state index contributed by atoms with van der Waals surface area (Å²) in [6, 6.07) is 12.6. The first-order valence-electron chi connectivity index (χ1n) is 10.5. The molecule has 2 aliphatic heterocycles. The second-order valence-corrected chi connectivity index (χ2v) is 7.99. The molecule has 1 aromatic carbocycles. The lowest BCUT2D eigenvalue weighted by atomic mass is 10.0. The summed E-state index contributed by atoms with van der Waals surface area (Å²) in [5.41, 5.74) is 4.29. The van der Waals surface area contributed by atoms with Crippen molar-refractivity contribution < 1.29 is 14.3 Å². The van der Waals surface area contributed by atoms with Crippen molar-refractivity contribution in [2.24, 2.45) is 5.92 Å². The Hall–Kier alpha value is -3.06. The maximum Gasteiger partial charge on any atom is 0.220 e. The van der Waals surface area contributed by atoms with Crippen LogP contribution in [0.15, 0.2) is 48.8 Å². The van der Waals surface area contributed by atoms with E-state index in [1.54, 1.807) is 6.20 Å². The quantitative estimate of drug-likeness (QED) is 0.706. The van der Waals surface area contributed by atoms with Crippen molar-refractivity contribution in [1.82, 2.24) is 14.9 Å². The number of carbonyl (C=O) groups excluding carboxylic acids is 1. The van der Waals surface area contributed by atoms with Gasteiger partial charge < -0.3 is 19.7 Å². The highest BCUT2D eigenvalue weighted by atomic mass is 16.5. The Kier molecular flexibility index (Phi) is 5.04. The lowest BCUT2D eigenvalue weighted by Crippen LogP contribution is -2.36. The highest BCUT2D eigenvalue weighted by Gasteiger charge is 2.28. The summed E-state index contributed by atoms with van der Waals surface area (Å²) in [7, 11) is 0. The zero-order chi connectivity index (χ0) is 20.5. The van der Waals surface area contributed by atoms with Crippen LogP contribution in [0, 0.1) is 5.92 Å². The molecule has 2 aliphatic rings. The number of amides is 1. The van der Waals surface area contributed by atoms with E-state index in [4.69, 9.17) is 9.47 Å². The van der Waals surface area contributed by atoms with Crippen molar-refractivity contribution in [3.63, 3.8) is 0 Å². The molecule has 1 N–H and O–H groups in total. The molecule has 0 saturated carbocycles. The number of hydrogen-bond acceptors (Lipinski definition) is 5. The van der Waals surface area contributed by atoms with Crippen LogP contribution in [0.1, 0.15) is 13.3 Å². The minimum atomic E-state index is -0.0680. The number of aromatic nitrogens is 2. The van der Waals surface area contributed by atoms with Crippen molar-refractivity contribution in [3.8, 4) is 16.9 Å². The molecule has 0 unspecified atom stereocenters. The van der Waals surface area contributed by atoms with E-state index >= 15 is 0 Å². The van der Waals surface area contributed by atoms with Gasteiger partial charge >= 0.3 is 0 Å². The van der Waals surface area contributed by atoms with Crippen LogP contribution in [0.25, 0.3) is 16.6 Å². The van der Waals surface area contributed by atoms with Gasteiger partial charge in [0.2, 0.25) is 5.91 Å². The largest absolute Gasteiger partial charge is 0.488 e. The van der Waals surface area contributed by atoms with Gasteiger partial charge in [-0.1, -0.05) is 12.1 Å². The Labute approximate surface area is 175 Å². The topological polar surface area (TPSA) is 68.1 Å². The maximum atomic E-state index is 11.6. The SMILES string of the molecule is C[C@@H](Oc1cc(-c2ccc(N3CCOCC3)cc2)cn2nccc12)[C@H]1CNC(=O)C1. The molecule has 7 heteroatoms. The van der Waals surface area contributed by atoms with Gasteiger partial charge in [0.15, 0.2) is 0 Å². The van der Waals surface area contributed by atoms with Crippen molar-refractivity contribution >= 4 is 17.1 Å². The van der Waals surface area contributed by atoms with E-state index in [0.29, 0.717) is 13.0 Å². The summed E-state index contributed by atoms with van der Waals surface area (Å²) >= 11 is 0. The fourth-order valence-corrected chi connectivity index (χ4v) is 4.19. The van der Waals surface area contributed by atoms with E-state index in [2.05, 4.69) is 45.6 Å². The Morgan fingerprint density at radius 1 is 1.17 bits per heavy atom. The minimum absolute atomic E-state index is 0.0680. The van der Waals surface area contributed by atoms with Gasteiger partial charge in [0.1, 0.15) is 17.4 Å². The Balaban J connectivity index is 1.41. The highest BCUT2D eigenvalue weighted by Crippen LogP contribution is 2.31. The van der Waals surface area contributed by atoms with Crippen LogP contribution in [-0.2, 0) is 9.53 Å². The van der Waals surface area contributed by atoms with Crippen LogP contribution >= 0.6 is 0 Å². The van der Waals surface area contributed by atoms with Gasteiger partial charge in [-0.15, -0.1) is 0 Å². The van der Waals surface area contributed by atoms with Crippen LogP contribution in [0.2, 0.25) is 0 Å². The number of pyridine rings is 1.